The Labute approximate surface area is 133 Å². The van der Waals surface area contributed by atoms with Crippen LogP contribution < -0.4 is 11.1 Å². The Morgan fingerprint density at radius 3 is 2.57 bits per heavy atom. The first kappa shape index (κ1) is 15.4. The Hall–Kier alpha value is -2.01. The molecule has 110 valence electrons. The van der Waals surface area contributed by atoms with Gasteiger partial charge in [-0.15, -0.1) is 0 Å². The van der Waals surface area contributed by atoms with E-state index >= 15 is 0 Å². The molecule has 0 bridgehead atoms. The fourth-order valence-electron chi connectivity index (χ4n) is 1.95. The van der Waals surface area contributed by atoms with Crippen LogP contribution in [-0.2, 0) is 6.54 Å². The average molecular weight is 348 g/mol. The van der Waals surface area contributed by atoms with Gasteiger partial charge in [-0.2, -0.15) is 0 Å². The van der Waals surface area contributed by atoms with Crippen molar-refractivity contribution in [2.24, 2.45) is 0 Å². The molecule has 0 aliphatic heterocycles. The Kier molecular flexibility index (Phi) is 4.85. The first-order chi connectivity index (χ1) is 9.99. The van der Waals surface area contributed by atoms with Gasteiger partial charge in [0.25, 0.3) is 5.91 Å². The number of amides is 1. The predicted octanol–water partition coefficient (Wildman–Crippen LogP) is 3.35. The van der Waals surface area contributed by atoms with Gasteiger partial charge in [-0.05, 0) is 29.8 Å². The Bertz CT molecular complexity index is 656. The summed E-state index contributed by atoms with van der Waals surface area (Å²) >= 11 is 3.51. The molecule has 3 N–H and O–H groups in total. The van der Waals surface area contributed by atoms with Gasteiger partial charge in [0.05, 0.1) is 11.4 Å². The smallest absolute Gasteiger partial charge is 0.253 e. The summed E-state index contributed by atoms with van der Waals surface area (Å²) < 4.78 is 1.05. The zero-order chi connectivity index (χ0) is 15.4. The average Bonchev–Trinajstić information content (AvgIpc) is 2.46. The maximum Gasteiger partial charge on any atom is 0.253 e. The molecule has 0 aliphatic carbocycles. The van der Waals surface area contributed by atoms with Crippen LogP contribution in [0.1, 0.15) is 15.9 Å². The summed E-state index contributed by atoms with van der Waals surface area (Å²) in [6.07, 6.45) is 0. The highest BCUT2D eigenvalue weighted by Crippen LogP contribution is 2.23. The van der Waals surface area contributed by atoms with E-state index < -0.39 is 0 Å². The van der Waals surface area contributed by atoms with Gasteiger partial charge in [0.2, 0.25) is 0 Å². The van der Waals surface area contributed by atoms with E-state index in [2.05, 4.69) is 21.2 Å². The number of carbonyl (C=O) groups is 1. The molecule has 0 aromatic heterocycles. The maximum atomic E-state index is 11.9. The van der Waals surface area contributed by atoms with Crippen LogP contribution in [0.5, 0.6) is 0 Å². The number of nitrogens with one attached hydrogen (secondary N) is 1. The third-order valence-corrected chi connectivity index (χ3v) is 3.91. The number of halogens is 1. The first-order valence-corrected chi connectivity index (χ1v) is 7.37. The highest BCUT2D eigenvalue weighted by atomic mass is 79.9. The van der Waals surface area contributed by atoms with E-state index in [4.69, 9.17) is 5.73 Å². The van der Waals surface area contributed by atoms with E-state index in [0.717, 1.165) is 15.7 Å². The van der Waals surface area contributed by atoms with Gasteiger partial charge < -0.3 is 16.0 Å². The van der Waals surface area contributed by atoms with Crippen molar-refractivity contribution in [3.8, 4) is 0 Å². The van der Waals surface area contributed by atoms with Crippen LogP contribution in [-0.4, -0.2) is 24.9 Å². The van der Waals surface area contributed by atoms with Crippen molar-refractivity contribution in [3.05, 3.63) is 58.1 Å². The molecular formula is C16H18BrN3O. The molecule has 0 fully saturated rings. The first-order valence-electron chi connectivity index (χ1n) is 6.57. The molecule has 0 atom stereocenters. The highest BCUT2D eigenvalue weighted by molar-refractivity contribution is 9.10. The van der Waals surface area contributed by atoms with Crippen molar-refractivity contribution in [3.63, 3.8) is 0 Å². The van der Waals surface area contributed by atoms with Gasteiger partial charge in [-0.25, -0.2) is 0 Å². The summed E-state index contributed by atoms with van der Waals surface area (Å²) in [6, 6.07) is 13.3. The third-order valence-electron chi connectivity index (χ3n) is 3.13. The summed E-state index contributed by atoms with van der Waals surface area (Å²) in [7, 11) is 3.44. The second-order valence-corrected chi connectivity index (χ2v) is 5.80. The van der Waals surface area contributed by atoms with Gasteiger partial charge in [0, 0.05) is 30.7 Å². The fraction of sp³-hybridized carbons (Fsp3) is 0.188. The zero-order valence-electron chi connectivity index (χ0n) is 12.1. The van der Waals surface area contributed by atoms with Crippen LogP contribution >= 0.6 is 15.9 Å². The van der Waals surface area contributed by atoms with Crippen LogP contribution in [0.4, 0.5) is 11.4 Å². The molecule has 0 unspecified atom stereocenters. The molecule has 2 aromatic rings. The number of nitrogen functional groups attached to an aromatic ring is 1. The molecular weight excluding hydrogens is 330 g/mol. The molecule has 2 aromatic carbocycles. The number of hydrogen-bond acceptors (Lipinski definition) is 3. The van der Waals surface area contributed by atoms with Crippen LogP contribution in [0.2, 0.25) is 0 Å². The number of nitrogens with zero attached hydrogens (tertiary/aromatic N) is 1. The minimum absolute atomic E-state index is 0.0564. The third kappa shape index (κ3) is 3.76. The monoisotopic (exact) mass is 347 g/mol. The van der Waals surface area contributed by atoms with E-state index in [1.807, 2.05) is 30.3 Å². The van der Waals surface area contributed by atoms with E-state index in [1.54, 1.807) is 26.2 Å². The van der Waals surface area contributed by atoms with Gasteiger partial charge in [0.15, 0.2) is 0 Å². The number of nitrogens with two attached hydrogens (primary N) is 1. The minimum Gasteiger partial charge on any atom is -0.397 e. The van der Waals surface area contributed by atoms with Crippen molar-refractivity contribution >= 4 is 33.2 Å². The van der Waals surface area contributed by atoms with Crippen LogP contribution in [0, 0.1) is 0 Å². The summed E-state index contributed by atoms with van der Waals surface area (Å²) in [5.74, 6) is -0.0564. The molecule has 0 saturated heterocycles. The number of anilines is 2. The molecule has 5 heteroatoms. The van der Waals surface area contributed by atoms with Crippen LogP contribution in [0.3, 0.4) is 0 Å². The Balaban J connectivity index is 2.12. The molecule has 0 heterocycles. The number of rotatable bonds is 4. The lowest BCUT2D eigenvalue weighted by molar-refractivity contribution is 0.0827. The quantitative estimate of drug-likeness (QED) is 0.833. The van der Waals surface area contributed by atoms with Crippen molar-refractivity contribution in [1.82, 2.24) is 4.90 Å². The molecule has 21 heavy (non-hydrogen) atoms. The van der Waals surface area contributed by atoms with Crippen molar-refractivity contribution < 1.29 is 4.79 Å². The normalized spacial score (nSPS) is 10.2. The van der Waals surface area contributed by atoms with Gasteiger partial charge in [0.1, 0.15) is 0 Å². The van der Waals surface area contributed by atoms with Gasteiger partial charge in [-0.3, -0.25) is 4.79 Å². The van der Waals surface area contributed by atoms with Crippen LogP contribution in [0.25, 0.3) is 0 Å². The minimum atomic E-state index is -0.0564. The molecule has 0 aliphatic rings. The van der Waals surface area contributed by atoms with E-state index in [9.17, 15) is 4.79 Å². The molecule has 0 radical (unpaired) electrons. The fourth-order valence-corrected chi connectivity index (χ4v) is 2.37. The van der Waals surface area contributed by atoms with E-state index in [0.29, 0.717) is 17.8 Å². The zero-order valence-corrected chi connectivity index (χ0v) is 13.6. The second-order valence-electron chi connectivity index (χ2n) is 4.95. The second kappa shape index (κ2) is 6.63. The molecule has 4 nitrogen and oxygen atoms in total. The Morgan fingerprint density at radius 2 is 1.95 bits per heavy atom. The van der Waals surface area contributed by atoms with E-state index in [1.165, 1.54) is 4.90 Å². The molecule has 0 spiro atoms. The molecule has 2 rings (SSSR count). The summed E-state index contributed by atoms with van der Waals surface area (Å²) in [5.41, 5.74) is 9.13. The lowest BCUT2D eigenvalue weighted by atomic mass is 10.1. The number of benzene rings is 2. The Morgan fingerprint density at radius 1 is 1.24 bits per heavy atom. The van der Waals surface area contributed by atoms with Gasteiger partial charge in [-0.1, -0.05) is 34.1 Å². The van der Waals surface area contributed by atoms with E-state index in [-0.39, 0.29) is 5.91 Å². The number of hydrogen-bond donors (Lipinski definition) is 2. The lowest BCUT2D eigenvalue weighted by Gasteiger charge is -2.14. The summed E-state index contributed by atoms with van der Waals surface area (Å²) in [5, 5.41) is 3.29. The topological polar surface area (TPSA) is 58.4 Å². The summed E-state index contributed by atoms with van der Waals surface area (Å²) in [6.45, 7) is 0.659. The maximum absolute atomic E-state index is 11.9. The number of carbonyl (C=O) groups excluding carboxylic acids is 1. The highest BCUT2D eigenvalue weighted by Gasteiger charge is 2.10. The SMILES string of the molecule is CN(C)C(=O)c1ccc(NCc2ccccc2Br)c(N)c1. The molecule has 1 amide bonds. The van der Waals surface area contributed by atoms with Crippen molar-refractivity contribution in [2.45, 2.75) is 6.54 Å². The largest absolute Gasteiger partial charge is 0.397 e. The van der Waals surface area contributed by atoms with Crippen LogP contribution in [0.15, 0.2) is 46.9 Å². The van der Waals surface area contributed by atoms with Crippen molar-refractivity contribution in [2.75, 3.05) is 25.1 Å². The predicted molar refractivity (Wildman–Crippen MR) is 90.3 cm³/mol. The standard InChI is InChI=1S/C16H18BrN3O/c1-20(2)16(21)11-7-8-15(14(18)9-11)19-10-12-5-3-4-6-13(12)17/h3-9,19H,10,18H2,1-2H3. The van der Waals surface area contributed by atoms with Gasteiger partial charge >= 0.3 is 0 Å². The summed E-state index contributed by atoms with van der Waals surface area (Å²) in [4.78, 5) is 13.4. The van der Waals surface area contributed by atoms with Crippen molar-refractivity contribution in [1.29, 1.82) is 0 Å². The lowest BCUT2D eigenvalue weighted by Crippen LogP contribution is -2.21. The molecule has 0 saturated carbocycles.